The van der Waals surface area contributed by atoms with E-state index < -0.39 is 6.10 Å². The van der Waals surface area contributed by atoms with Crippen molar-refractivity contribution in [2.75, 3.05) is 20.3 Å². The molecule has 0 bridgehead atoms. The Morgan fingerprint density at radius 1 is 1.29 bits per heavy atom. The molecule has 1 unspecified atom stereocenters. The summed E-state index contributed by atoms with van der Waals surface area (Å²) in [6, 6.07) is 5.64. The van der Waals surface area contributed by atoms with Gasteiger partial charge in [0.25, 0.3) is 0 Å². The Morgan fingerprint density at radius 3 is 2.53 bits per heavy atom. The molecule has 0 radical (unpaired) electrons. The highest BCUT2D eigenvalue weighted by Gasteiger charge is 2.13. The van der Waals surface area contributed by atoms with Crippen molar-refractivity contribution in [1.82, 2.24) is 0 Å². The molecule has 0 heterocycles. The van der Waals surface area contributed by atoms with E-state index in [2.05, 4.69) is 15.9 Å². The number of hydrogen-bond donors (Lipinski definition) is 1. The number of methoxy groups -OCH3 is 1. The number of benzene rings is 1. The molecule has 0 aliphatic heterocycles. The summed E-state index contributed by atoms with van der Waals surface area (Å²) in [5, 5.41) is 9.95. The molecule has 96 valence electrons. The lowest BCUT2D eigenvalue weighted by Gasteiger charge is -2.16. The van der Waals surface area contributed by atoms with Crippen LogP contribution < -0.4 is 4.74 Å². The summed E-state index contributed by atoms with van der Waals surface area (Å²) in [5.41, 5.74) is 0.894. The van der Waals surface area contributed by atoms with E-state index in [-0.39, 0.29) is 5.92 Å². The fraction of sp³-hybridized carbons (Fsp3) is 0.538. The van der Waals surface area contributed by atoms with Crippen LogP contribution in [-0.2, 0) is 4.74 Å². The van der Waals surface area contributed by atoms with Gasteiger partial charge in [-0.2, -0.15) is 0 Å². The normalized spacial score (nSPS) is 12.8. The molecule has 17 heavy (non-hydrogen) atoms. The smallest absolute Gasteiger partial charge is 0.133 e. The zero-order valence-corrected chi connectivity index (χ0v) is 12.0. The molecule has 3 nitrogen and oxygen atoms in total. The maximum absolute atomic E-state index is 9.95. The first kappa shape index (κ1) is 14.5. The van der Waals surface area contributed by atoms with E-state index in [4.69, 9.17) is 9.47 Å². The summed E-state index contributed by atoms with van der Waals surface area (Å²) in [4.78, 5) is 0. The highest BCUT2D eigenvalue weighted by Crippen LogP contribution is 2.30. The van der Waals surface area contributed by atoms with Crippen molar-refractivity contribution in [2.45, 2.75) is 20.0 Å². The van der Waals surface area contributed by atoms with Crippen molar-refractivity contribution in [2.24, 2.45) is 5.92 Å². The molecule has 1 N–H and O–H groups in total. The number of halogens is 1. The first-order valence-electron chi connectivity index (χ1n) is 5.65. The molecule has 1 rings (SSSR count). The molecule has 0 aliphatic rings. The van der Waals surface area contributed by atoms with Gasteiger partial charge in [0.05, 0.1) is 17.2 Å². The predicted molar refractivity (Wildman–Crippen MR) is 71.3 cm³/mol. The third-order valence-corrected chi connectivity index (χ3v) is 3.09. The fourth-order valence-electron chi connectivity index (χ4n) is 1.44. The average Bonchev–Trinajstić information content (AvgIpc) is 2.30. The van der Waals surface area contributed by atoms with Gasteiger partial charge in [0, 0.05) is 7.11 Å². The van der Waals surface area contributed by atoms with E-state index in [1.165, 1.54) is 0 Å². The molecule has 1 atom stereocenters. The third kappa shape index (κ3) is 4.30. The molecular formula is C13H19BrO3. The van der Waals surface area contributed by atoms with E-state index in [9.17, 15) is 5.11 Å². The standard InChI is InChI=1S/C13H19BrO3/c1-9(2)13(15)10-4-5-12(11(14)8-10)17-7-6-16-3/h4-5,8-9,13,15H,6-7H2,1-3H3. The van der Waals surface area contributed by atoms with Crippen LogP contribution in [0.25, 0.3) is 0 Å². The summed E-state index contributed by atoms with van der Waals surface area (Å²) in [5.74, 6) is 0.962. The Balaban J connectivity index is 2.72. The number of ether oxygens (including phenoxy) is 2. The van der Waals surface area contributed by atoms with E-state index >= 15 is 0 Å². The van der Waals surface area contributed by atoms with E-state index in [1.807, 2.05) is 32.0 Å². The first-order valence-corrected chi connectivity index (χ1v) is 6.44. The summed E-state index contributed by atoms with van der Waals surface area (Å²) in [7, 11) is 1.64. The molecule has 0 saturated carbocycles. The molecule has 1 aromatic rings. The fourth-order valence-corrected chi connectivity index (χ4v) is 1.95. The highest BCUT2D eigenvalue weighted by atomic mass is 79.9. The van der Waals surface area contributed by atoms with E-state index in [1.54, 1.807) is 7.11 Å². The van der Waals surface area contributed by atoms with Gasteiger partial charge in [-0.15, -0.1) is 0 Å². The van der Waals surface area contributed by atoms with Crippen molar-refractivity contribution >= 4 is 15.9 Å². The molecule has 4 heteroatoms. The zero-order chi connectivity index (χ0) is 12.8. The molecule has 0 aromatic heterocycles. The van der Waals surface area contributed by atoms with Gasteiger partial charge in [0.15, 0.2) is 0 Å². The SMILES string of the molecule is COCCOc1ccc(C(O)C(C)C)cc1Br. The van der Waals surface area contributed by atoms with Crippen LogP contribution in [0.3, 0.4) is 0 Å². The maximum atomic E-state index is 9.95. The van der Waals surface area contributed by atoms with Crippen molar-refractivity contribution in [3.05, 3.63) is 28.2 Å². The molecule has 0 aliphatic carbocycles. The minimum absolute atomic E-state index is 0.196. The molecule has 0 fully saturated rings. The molecule has 1 aromatic carbocycles. The molecular weight excluding hydrogens is 284 g/mol. The summed E-state index contributed by atoms with van der Waals surface area (Å²) in [6.45, 7) is 5.05. The number of aliphatic hydroxyl groups is 1. The number of hydrogen-bond acceptors (Lipinski definition) is 3. The van der Waals surface area contributed by atoms with Crippen LogP contribution in [0.15, 0.2) is 22.7 Å². The van der Waals surface area contributed by atoms with Crippen LogP contribution in [0.5, 0.6) is 5.75 Å². The lowest BCUT2D eigenvalue weighted by Crippen LogP contribution is -2.07. The lowest BCUT2D eigenvalue weighted by molar-refractivity contribution is 0.126. The zero-order valence-electron chi connectivity index (χ0n) is 10.4. The monoisotopic (exact) mass is 302 g/mol. The summed E-state index contributed by atoms with van der Waals surface area (Å²) >= 11 is 3.44. The van der Waals surface area contributed by atoms with Crippen molar-refractivity contribution in [1.29, 1.82) is 0 Å². The van der Waals surface area contributed by atoms with Crippen LogP contribution in [0.1, 0.15) is 25.5 Å². The number of rotatable bonds is 6. The largest absolute Gasteiger partial charge is 0.490 e. The van der Waals surface area contributed by atoms with Crippen molar-refractivity contribution in [3.8, 4) is 5.75 Å². The van der Waals surface area contributed by atoms with Crippen LogP contribution in [0.4, 0.5) is 0 Å². The van der Waals surface area contributed by atoms with Gasteiger partial charge < -0.3 is 14.6 Å². The minimum atomic E-state index is -0.445. The third-order valence-electron chi connectivity index (χ3n) is 2.47. The van der Waals surface area contributed by atoms with Crippen molar-refractivity contribution in [3.63, 3.8) is 0 Å². The predicted octanol–water partition coefficient (Wildman–Crippen LogP) is 3.16. The first-order chi connectivity index (χ1) is 8.06. The van der Waals surface area contributed by atoms with Gasteiger partial charge in [-0.05, 0) is 39.5 Å². The summed E-state index contributed by atoms with van der Waals surface area (Å²) < 4.78 is 11.3. The average molecular weight is 303 g/mol. The second-order valence-corrected chi connectivity index (χ2v) is 5.07. The van der Waals surface area contributed by atoms with Gasteiger partial charge >= 0.3 is 0 Å². The van der Waals surface area contributed by atoms with Crippen LogP contribution >= 0.6 is 15.9 Å². The quantitative estimate of drug-likeness (QED) is 0.820. The molecule has 0 spiro atoms. The van der Waals surface area contributed by atoms with Gasteiger partial charge in [-0.3, -0.25) is 0 Å². The second kappa shape index (κ2) is 6.99. The van der Waals surface area contributed by atoms with Gasteiger partial charge in [-0.1, -0.05) is 19.9 Å². The van der Waals surface area contributed by atoms with Crippen molar-refractivity contribution < 1.29 is 14.6 Å². The summed E-state index contributed by atoms with van der Waals surface area (Å²) in [6.07, 6.45) is -0.445. The lowest BCUT2D eigenvalue weighted by atomic mass is 9.99. The van der Waals surface area contributed by atoms with Crippen LogP contribution in [0, 0.1) is 5.92 Å². The Labute approximate surface area is 111 Å². The van der Waals surface area contributed by atoms with Gasteiger partial charge in [-0.25, -0.2) is 0 Å². The second-order valence-electron chi connectivity index (χ2n) is 4.22. The Hall–Kier alpha value is -0.580. The minimum Gasteiger partial charge on any atom is -0.490 e. The molecule has 0 amide bonds. The Bertz CT molecular complexity index is 353. The van der Waals surface area contributed by atoms with E-state index in [0.29, 0.717) is 13.2 Å². The maximum Gasteiger partial charge on any atom is 0.133 e. The topological polar surface area (TPSA) is 38.7 Å². The Kier molecular flexibility index (Phi) is 5.95. The van der Waals surface area contributed by atoms with E-state index in [0.717, 1.165) is 15.8 Å². The van der Waals surface area contributed by atoms with Crippen LogP contribution in [0.2, 0.25) is 0 Å². The highest BCUT2D eigenvalue weighted by molar-refractivity contribution is 9.10. The van der Waals surface area contributed by atoms with Gasteiger partial charge in [0.2, 0.25) is 0 Å². The van der Waals surface area contributed by atoms with Gasteiger partial charge in [0.1, 0.15) is 12.4 Å². The van der Waals surface area contributed by atoms with Crippen LogP contribution in [-0.4, -0.2) is 25.4 Å². The molecule has 0 saturated heterocycles. The Morgan fingerprint density at radius 2 is 2.00 bits per heavy atom. The number of aliphatic hydroxyl groups excluding tert-OH is 1.